The molecule has 0 unspecified atom stereocenters. The third kappa shape index (κ3) is 4.05. The highest BCUT2D eigenvalue weighted by Crippen LogP contribution is 2.44. The minimum atomic E-state index is -4.40. The van der Waals surface area contributed by atoms with Crippen LogP contribution in [0, 0.1) is 0 Å². The van der Waals surface area contributed by atoms with Crippen LogP contribution >= 0.6 is 0 Å². The Bertz CT molecular complexity index is 755. The summed E-state index contributed by atoms with van der Waals surface area (Å²) < 4.78 is 46.3. The van der Waals surface area contributed by atoms with E-state index in [4.69, 9.17) is 4.74 Å². The van der Waals surface area contributed by atoms with Crippen molar-refractivity contribution in [1.29, 1.82) is 0 Å². The molecule has 0 aliphatic carbocycles. The van der Waals surface area contributed by atoms with Gasteiger partial charge in [0, 0.05) is 11.1 Å². The van der Waals surface area contributed by atoms with Gasteiger partial charge in [-0.05, 0) is 40.2 Å². The molecule has 4 heteroatoms. The van der Waals surface area contributed by atoms with Gasteiger partial charge in [0.2, 0.25) is 0 Å². The maximum absolute atomic E-state index is 13.5. The van der Waals surface area contributed by atoms with Crippen molar-refractivity contribution in [2.75, 3.05) is 7.11 Å². The van der Waals surface area contributed by atoms with Gasteiger partial charge in [-0.3, -0.25) is 0 Å². The summed E-state index contributed by atoms with van der Waals surface area (Å²) in [6, 6.07) is 9.39. The molecule has 2 aromatic rings. The summed E-state index contributed by atoms with van der Waals surface area (Å²) in [4.78, 5) is 0. The molecule has 0 amide bonds. The molecule has 0 bridgehead atoms. The van der Waals surface area contributed by atoms with Crippen LogP contribution in [0.3, 0.4) is 0 Å². The number of hydrogen-bond donors (Lipinski definition) is 0. The monoisotopic (exact) mass is 364 g/mol. The first kappa shape index (κ1) is 20.3. The van der Waals surface area contributed by atoms with Gasteiger partial charge in [0.05, 0.1) is 12.7 Å². The molecule has 0 heterocycles. The van der Waals surface area contributed by atoms with Crippen molar-refractivity contribution in [1.82, 2.24) is 0 Å². The summed E-state index contributed by atoms with van der Waals surface area (Å²) in [6.07, 6.45) is -4.40. The van der Waals surface area contributed by atoms with Gasteiger partial charge < -0.3 is 4.74 Å². The number of benzene rings is 2. The lowest BCUT2D eigenvalue weighted by atomic mass is 9.77. The molecule has 0 saturated carbocycles. The summed E-state index contributed by atoms with van der Waals surface area (Å²) in [5, 5.41) is 0. The molecule has 0 saturated heterocycles. The second kappa shape index (κ2) is 6.64. The average Bonchev–Trinajstić information content (AvgIpc) is 2.51. The maximum atomic E-state index is 13.5. The van der Waals surface area contributed by atoms with Crippen LogP contribution in [0.1, 0.15) is 58.2 Å². The van der Waals surface area contributed by atoms with Gasteiger partial charge >= 0.3 is 6.18 Å². The highest BCUT2D eigenvalue weighted by molar-refractivity contribution is 5.72. The lowest BCUT2D eigenvalue weighted by Gasteiger charge is -2.30. The summed E-state index contributed by atoms with van der Waals surface area (Å²) in [5.74, 6) is 0.748. The van der Waals surface area contributed by atoms with E-state index in [1.165, 1.54) is 12.1 Å². The zero-order chi connectivity index (χ0) is 19.9. The van der Waals surface area contributed by atoms with Crippen LogP contribution in [-0.2, 0) is 17.0 Å². The Morgan fingerprint density at radius 3 is 1.58 bits per heavy atom. The first-order valence-corrected chi connectivity index (χ1v) is 8.66. The van der Waals surface area contributed by atoms with Crippen LogP contribution in [0.4, 0.5) is 13.2 Å². The Hall–Kier alpha value is -1.97. The quantitative estimate of drug-likeness (QED) is 0.559. The molecule has 0 radical (unpaired) electrons. The van der Waals surface area contributed by atoms with Crippen molar-refractivity contribution in [3.8, 4) is 16.9 Å². The lowest BCUT2D eigenvalue weighted by Crippen LogP contribution is -2.19. The fourth-order valence-corrected chi connectivity index (χ4v) is 3.10. The Labute approximate surface area is 154 Å². The molecule has 142 valence electrons. The SMILES string of the molecule is COc1c(C(C)(C)C)cc(-c2ccccc2C(F)(F)F)cc1C(C)(C)C. The van der Waals surface area contributed by atoms with Crippen molar-refractivity contribution in [3.05, 3.63) is 53.1 Å². The van der Waals surface area contributed by atoms with Gasteiger partial charge in [-0.2, -0.15) is 13.2 Å². The second-order valence-electron chi connectivity index (χ2n) is 8.65. The molecule has 26 heavy (non-hydrogen) atoms. The molecule has 0 atom stereocenters. The molecule has 2 aromatic carbocycles. The fraction of sp³-hybridized carbons (Fsp3) is 0.455. The first-order valence-electron chi connectivity index (χ1n) is 8.66. The molecule has 0 fully saturated rings. The van der Waals surface area contributed by atoms with Gasteiger partial charge in [0.1, 0.15) is 5.75 Å². The van der Waals surface area contributed by atoms with E-state index in [0.717, 1.165) is 22.9 Å². The first-order chi connectivity index (χ1) is 11.8. The van der Waals surface area contributed by atoms with Gasteiger partial charge in [-0.15, -0.1) is 0 Å². The zero-order valence-electron chi connectivity index (χ0n) is 16.5. The fourth-order valence-electron chi connectivity index (χ4n) is 3.10. The lowest BCUT2D eigenvalue weighted by molar-refractivity contribution is -0.137. The predicted molar refractivity (Wildman–Crippen MR) is 101 cm³/mol. The molecule has 0 spiro atoms. The molecule has 2 rings (SSSR count). The van der Waals surface area contributed by atoms with Crippen molar-refractivity contribution >= 4 is 0 Å². The highest BCUT2D eigenvalue weighted by atomic mass is 19.4. The third-order valence-corrected chi connectivity index (χ3v) is 4.45. The molecular formula is C22H27F3O. The van der Waals surface area contributed by atoms with Crippen LogP contribution in [0.5, 0.6) is 5.75 Å². The van der Waals surface area contributed by atoms with E-state index in [1.807, 2.05) is 53.7 Å². The van der Waals surface area contributed by atoms with Crippen molar-refractivity contribution < 1.29 is 17.9 Å². The van der Waals surface area contributed by atoms with Crippen LogP contribution in [0.25, 0.3) is 11.1 Å². The molecule has 1 nitrogen and oxygen atoms in total. The number of halogens is 3. The van der Waals surface area contributed by atoms with Gasteiger partial charge in [0.25, 0.3) is 0 Å². The predicted octanol–water partition coefficient (Wildman–Crippen LogP) is 6.98. The Kier molecular flexibility index (Phi) is 5.19. The normalized spacial score (nSPS) is 13.0. The minimum absolute atomic E-state index is 0.193. The number of ether oxygens (including phenoxy) is 1. The largest absolute Gasteiger partial charge is 0.496 e. The minimum Gasteiger partial charge on any atom is -0.496 e. The number of methoxy groups -OCH3 is 1. The van der Waals surface area contributed by atoms with E-state index < -0.39 is 11.7 Å². The summed E-state index contributed by atoms with van der Waals surface area (Å²) in [5.41, 5.74) is 1.40. The van der Waals surface area contributed by atoms with Crippen molar-refractivity contribution in [2.24, 2.45) is 0 Å². The standard InChI is InChI=1S/C22H27F3O/c1-20(2,3)17-12-14(13-18(19(17)26-7)21(4,5)6)15-10-8-9-11-16(15)22(23,24)25/h8-13H,1-7H3. The molecule has 0 aromatic heterocycles. The van der Waals surface area contributed by atoms with Crippen LogP contribution in [0.2, 0.25) is 0 Å². The average molecular weight is 364 g/mol. The second-order valence-corrected chi connectivity index (χ2v) is 8.65. The van der Waals surface area contributed by atoms with E-state index in [2.05, 4.69) is 0 Å². The third-order valence-electron chi connectivity index (χ3n) is 4.45. The summed E-state index contributed by atoms with van der Waals surface area (Å²) in [6.45, 7) is 12.2. The summed E-state index contributed by atoms with van der Waals surface area (Å²) in [7, 11) is 1.61. The molecule has 0 aliphatic rings. The van der Waals surface area contributed by atoms with Gasteiger partial charge in [-0.25, -0.2) is 0 Å². The van der Waals surface area contributed by atoms with Crippen molar-refractivity contribution in [3.63, 3.8) is 0 Å². The van der Waals surface area contributed by atoms with E-state index in [1.54, 1.807) is 13.2 Å². The number of alkyl halides is 3. The van der Waals surface area contributed by atoms with E-state index >= 15 is 0 Å². The topological polar surface area (TPSA) is 9.23 Å². The van der Waals surface area contributed by atoms with Crippen molar-refractivity contribution in [2.45, 2.75) is 58.5 Å². The molecule has 0 N–H and O–H groups in total. The van der Waals surface area contributed by atoms with Crippen LogP contribution < -0.4 is 4.74 Å². The van der Waals surface area contributed by atoms with Crippen LogP contribution in [0.15, 0.2) is 36.4 Å². The van der Waals surface area contributed by atoms with E-state index in [0.29, 0.717) is 5.56 Å². The van der Waals surface area contributed by atoms with Crippen LogP contribution in [-0.4, -0.2) is 7.11 Å². The smallest absolute Gasteiger partial charge is 0.417 e. The molecule has 0 aliphatic heterocycles. The molecular weight excluding hydrogens is 337 g/mol. The van der Waals surface area contributed by atoms with Gasteiger partial charge in [0.15, 0.2) is 0 Å². The summed E-state index contributed by atoms with van der Waals surface area (Å²) >= 11 is 0. The number of hydrogen-bond acceptors (Lipinski definition) is 1. The van der Waals surface area contributed by atoms with E-state index in [-0.39, 0.29) is 16.4 Å². The Balaban J connectivity index is 2.89. The zero-order valence-corrected chi connectivity index (χ0v) is 16.5. The maximum Gasteiger partial charge on any atom is 0.417 e. The van der Waals surface area contributed by atoms with E-state index in [9.17, 15) is 13.2 Å². The Morgan fingerprint density at radius 1 is 0.731 bits per heavy atom. The highest BCUT2D eigenvalue weighted by Gasteiger charge is 2.34. The Morgan fingerprint density at radius 2 is 1.19 bits per heavy atom. The van der Waals surface area contributed by atoms with Gasteiger partial charge in [-0.1, -0.05) is 59.7 Å². The number of rotatable bonds is 2.